The van der Waals surface area contributed by atoms with Gasteiger partial charge in [0.15, 0.2) is 5.78 Å². The lowest BCUT2D eigenvalue weighted by atomic mass is 9.87. The Morgan fingerprint density at radius 3 is 2.37 bits per heavy atom. The predicted molar refractivity (Wildman–Crippen MR) is 117 cm³/mol. The van der Waals surface area contributed by atoms with Gasteiger partial charge in [-0.2, -0.15) is 0 Å². The number of hydrogen-bond acceptors (Lipinski definition) is 3. The van der Waals surface area contributed by atoms with E-state index >= 15 is 0 Å². The minimum atomic E-state index is -1.23. The first-order chi connectivity index (χ1) is 14.2. The highest BCUT2D eigenvalue weighted by Crippen LogP contribution is 2.34. The van der Waals surface area contributed by atoms with E-state index in [1.807, 2.05) is 75.4 Å². The van der Waals surface area contributed by atoms with Gasteiger partial charge in [-0.15, -0.1) is 0 Å². The summed E-state index contributed by atoms with van der Waals surface area (Å²) < 4.78 is 0. The summed E-state index contributed by atoms with van der Waals surface area (Å²) in [6, 6.07) is 16.6. The van der Waals surface area contributed by atoms with Gasteiger partial charge in [0.25, 0.3) is 5.91 Å². The maximum atomic E-state index is 13.3. The summed E-state index contributed by atoms with van der Waals surface area (Å²) in [4.78, 5) is 40.1. The number of nitrogens with zero attached hydrogens (tertiary/aromatic N) is 1. The molecule has 1 heterocycles. The van der Waals surface area contributed by atoms with Crippen molar-refractivity contribution >= 4 is 28.5 Å². The smallest absolute Gasteiger partial charge is 0.319 e. The minimum Gasteiger partial charge on any atom is -0.319 e. The largest absolute Gasteiger partial charge is 0.325 e. The molecule has 0 radical (unpaired) electrons. The Bertz CT molecular complexity index is 1210. The molecule has 1 unspecified atom stereocenters. The average Bonchev–Trinajstić information content (AvgIpc) is 2.94. The van der Waals surface area contributed by atoms with Crippen molar-refractivity contribution in [2.45, 2.75) is 33.2 Å². The van der Waals surface area contributed by atoms with Crippen LogP contribution in [0, 0.1) is 20.8 Å². The van der Waals surface area contributed by atoms with Gasteiger partial charge in [-0.05, 0) is 66.8 Å². The number of urea groups is 1. The van der Waals surface area contributed by atoms with Crippen molar-refractivity contribution in [1.82, 2.24) is 10.2 Å². The summed E-state index contributed by atoms with van der Waals surface area (Å²) in [6.07, 6.45) is 0. The fourth-order valence-corrected chi connectivity index (χ4v) is 4.17. The molecule has 0 spiro atoms. The SMILES string of the molecule is Cc1cc(C)c(C(=O)CN2C(=O)NC(C)(c3cccc4ccccc34)C2=O)cc1C. The molecule has 3 aromatic carbocycles. The molecule has 0 saturated carbocycles. The second kappa shape index (κ2) is 7.10. The van der Waals surface area contributed by atoms with Gasteiger partial charge < -0.3 is 5.32 Å². The number of carbonyl (C=O) groups is 3. The van der Waals surface area contributed by atoms with Crippen LogP contribution in [0.1, 0.15) is 39.5 Å². The number of benzene rings is 3. The third-order valence-corrected chi connectivity index (χ3v) is 6.05. The number of imide groups is 1. The van der Waals surface area contributed by atoms with Crippen molar-refractivity contribution in [2.24, 2.45) is 0 Å². The first-order valence-corrected chi connectivity index (χ1v) is 9.96. The number of nitrogens with one attached hydrogen (secondary N) is 1. The first kappa shape index (κ1) is 19.8. The van der Waals surface area contributed by atoms with Gasteiger partial charge in [0.2, 0.25) is 0 Å². The molecule has 0 bridgehead atoms. The lowest BCUT2D eigenvalue weighted by Gasteiger charge is -2.24. The number of carbonyl (C=O) groups excluding carboxylic acids is 3. The molecule has 3 aromatic rings. The summed E-state index contributed by atoms with van der Waals surface area (Å²) >= 11 is 0. The summed E-state index contributed by atoms with van der Waals surface area (Å²) in [5.74, 6) is -0.667. The highest BCUT2D eigenvalue weighted by molar-refractivity contribution is 6.12. The van der Waals surface area contributed by atoms with Crippen molar-refractivity contribution in [3.8, 4) is 0 Å². The van der Waals surface area contributed by atoms with Crippen molar-refractivity contribution in [1.29, 1.82) is 0 Å². The maximum absolute atomic E-state index is 13.3. The van der Waals surface area contributed by atoms with Crippen LogP contribution >= 0.6 is 0 Å². The van der Waals surface area contributed by atoms with Crippen LogP contribution in [-0.2, 0) is 10.3 Å². The van der Waals surface area contributed by atoms with E-state index in [1.54, 1.807) is 6.92 Å². The average molecular weight is 400 g/mol. The molecule has 1 aliphatic heterocycles. The van der Waals surface area contributed by atoms with Crippen LogP contribution in [0.15, 0.2) is 54.6 Å². The summed E-state index contributed by atoms with van der Waals surface area (Å²) in [5.41, 5.74) is 2.97. The molecule has 3 amide bonds. The Morgan fingerprint density at radius 2 is 1.60 bits per heavy atom. The highest BCUT2D eigenvalue weighted by atomic mass is 16.2. The van der Waals surface area contributed by atoms with Crippen LogP contribution in [0.5, 0.6) is 0 Å². The molecule has 30 heavy (non-hydrogen) atoms. The van der Waals surface area contributed by atoms with Gasteiger partial charge in [-0.1, -0.05) is 48.5 Å². The van der Waals surface area contributed by atoms with Crippen LogP contribution in [0.25, 0.3) is 10.8 Å². The van der Waals surface area contributed by atoms with E-state index in [1.165, 1.54) is 0 Å². The monoisotopic (exact) mass is 400 g/mol. The third kappa shape index (κ3) is 3.07. The fraction of sp³-hybridized carbons (Fsp3) is 0.240. The zero-order valence-corrected chi connectivity index (χ0v) is 17.6. The van der Waals surface area contributed by atoms with Crippen molar-refractivity contribution in [3.63, 3.8) is 0 Å². The number of rotatable bonds is 4. The normalized spacial score (nSPS) is 18.7. The molecule has 152 valence electrons. The second-order valence-corrected chi connectivity index (χ2v) is 8.15. The molecular weight excluding hydrogens is 376 g/mol. The van der Waals surface area contributed by atoms with Gasteiger partial charge in [0, 0.05) is 5.56 Å². The molecule has 5 nitrogen and oxygen atoms in total. The van der Waals surface area contributed by atoms with Crippen LogP contribution < -0.4 is 5.32 Å². The Labute approximate surface area is 175 Å². The van der Waals surface area contributed by atoms with Crippen LogP contribution in [0.4, 0.5) is 4.79 Å². The Balaban J connectivity index is 1.68. The van der Waals surface area contributed by atoms with Crippen molar-refractivity contribution in [3.05, 3.63) is 82.4 Å². The number of fused-ring (bicyclic) bond motifs is 1. The molecule has 4 rings (SSSR count). The number of amides is 3. The van der Waals surface area contributed by atoms with E-state index in [4.69, 9.17) is 0 Å². The molecule has 1 saturated heterocycles. The quantitative estimate of drug-likeness (QED) is 0.521. The zero-order valence-electron chi connectivity index (χ0n) is 17.6. The maximum Gasteiger partial charge on any atom is 0.325 e. The number of aryl methyl sites for hydroxylation is 3. The number of ketones is 1. The van der Waals surface area contributed by atoms with E-state index in [0.29, 0.717) is 5.56 Å². The molecule has 0 aromatic heterocycles. The standard InChI is InChI=1S/C25H24N2O3/c1-15-12-17(3)20(13-16(15)2)22(28)14-27-23(29)25(4,26-24(27)30)21-11-7-9-18-8-5-6-10-19(18)21/h5-13H,14H2,1-4H3,(H,26,30). The fourth-order valence-electron chi connectivity index (χ4n) is 4.17. The van der Waals surface area contributed by atoms with Gasteiger partial charge in [0.1, 0.15) is 5.54 Å². The van der Waals surface area contributed by atoms with Gasteiger partial charge in [-0.25, -0.2) is 4.79 Å². The third-order valence-electron chi connectivity index (χ3n) is 6.05. The molecular formula is C25H24N2O3. The molecule has 1 N–H and O–H groups in total. The number of hydrogen-bond donors (Lipinski definition) is 1. The molecule has 1 aliphatic rings. The Hall–Kier alpha value is -3.47. The van der Waals surface area contributed by atoms with Gasteiger partial charge >= 0.3 is 6.03 Å². The van der Waals surface area contributed by atoms with E-state index in [9.17, 15) is 14.4 Å². The number of Topliss-reactive ketones (excluding diaryl/α,β-unsaturated/α-hetero) is 1. The summed E-state index contributed by atoms with van der Waals surface area (Å²) in [7, 11) is 0. The van der Waals surface area contributed by atoms with Crippen LogP contribution in [0.3, 0.4) is 0 Å². The van der Waals surface area contributed by atoms with Gasteiger partial charge in [-0.3, -0.25) is 14.5 Å². The molecule has 0 aliphatic carbocycles. The van der Waals surface area contributed by atoms with Gasteiger partial charge in [0.05, 0.1) is 6.54 Å². The van der Waals surface area contributed by atoms with E-state index in [-0.39, 0.29) is 12.3 Å². The second-order valence-electron chi connectivity index (χ2n) is 8.15. The van der Waals surface area contributed by atoms with Crippen LogP contribution in [0.2, 0.25) is 0 Å². The minimum absolute atomic E-state index is 0.249. The summed E-state index contributed by atoms with van der Waals surface area (Å²) in [6.45, 7) is 7.21. The highest BCUT2D eigenvalue weighted by Gasteiger charge is 2.50. The Kier molecular flexibility index (Phi) is 4.69. The van der Waals surface area contributed by atoms with E-state index in [0.717, 1.165) is 37.9 Å². The lowest BCUT2D eigenvalue weighted by Crippen LogP contribution is -2.41. The molecule has 1 fully saturated rings. The summed E-state index contributed by atoms with van der Waals surface area (Å²) in [5, 5.41) is 4.70. The van der Waals surface area contributed by atoms with E-state index < -0.39 is 17.5 Å². The molecule has 5 heteroatoms. The van der Waals surface area contributed by atoms with Crippen molar-refractivity contribution in [2.75, 3.05) is 6.54 Å². The topological polar surface area (TPSA) is 66.5 Å². The van der Waals surface area contributed by atoms with Crippen molar-refractivity contribution < 1.29 is 14.4 Å². The molecule has 1 atom stereocenters. The lowest BCUT2D eigenvalue weighted by molar-refractivity contribution is -0.130. The Morgan fingerprint density at radius 1 is 0.933 bits per heavy atom. The predicted octanol–water partition coefficient (Wildman–Crippen LogP) is 4.41. The zero-order chi connectivity index (χ0) is 21.6. The van der Waals surface area contributed by atoms with E-state index in [2.05, 4.69) is 5.32 Å². The first-order valence-electron chi connectivity index (χ1n) is 9.96. The van der Waals surface area contributed by atoms with Crippen LogP contribution in [-0.4, -0.2) is 29.2 Å².